The molecular weight excluding hydrogens is 348 g/mol. The van der Waals surface area contributed by atoms with Gasteiger partial charge < -0.3 is 5.32 Å². The van der Waals surface area contributed by atoms with Gasteiger partial charge in [-0.1, -0.05) is 13.8 Å². The number of hydrogen-bond donors (Lipinski definition) is 1. The van der Waals surface area contributed by atoms with Crippen LogP contribution in [0.1, 0.15) is 38.3 Å². The SMILES string of the molecule is CC(C)CC[C@@H](c1c(F)ccc(F)c1F)N1CCNCC1.Cl.Cl. The number of hydrogen-bond acceptors (Lipinski definition) is 2. The van der Waals surface area contributed by atoms with Gasteiger partial charge in [-0.15, -0.1) is 24.8 Å². The van der Waals surface area contributed by atoms with Crippen LogP contribution in [0.2, 0.25) is 0 Å². The molecule has 1 N–H and O–H groups in total. The van der Waals surface area contributed by atoms with Crippen molar-refractivity contribution in [3.05, 3.63) is 35.1 Å². The second kappa shape index (κ2) is 10.4. The quantitative estimate of drug-likeness (QED) is 0.773. The highest BCUT2D eigenvalue weighted by Gasteiger charge is 2.28. The Morgan fingerprint density at radius 3 is 2.13 bits per heavy atom. The van der Waals surface area contributed by atoms with Crippen LogP contribution in [0.4, 0.5) is 13.2 Å². The van der Waals surface area contributed by atoms with Crippen molar-refractivity contribution >= 4 is 24.8 Å². The Balaban J connectivity index is 0.00000242. The molecule has 1 fully saturated rings. The van der Waals surface area contributed by atoms with Crippen LogP contribution in [0.25, 0.3) is 0 Å². The lowest BCUT2D eigenvalue weighted by atomic mass is 9.94. The number of rotatable bonds is 5. The molecule has 1 atom stereocenters. The molecule has 0 spiro atoms. The van der Waals surface area contributed by atoms with Crippen molar-refractivity contribution in [2.24, 2.45) is 5.92 Å². The molecule has 1 aromatic rings. The maximum atomic E-state index is 14.1. The van der Waals surface area contributed by atoms with Crippen LogP contribution in [0, 0.1) is 23.4 Å². The summed E-state index contributed by atoms with van der Waals surface area (Å²) in [4.78, 5) is 2.06. The Hall–Kier alpha value is -0.490. The van der Waals surface area contributed by atoms with Gasteiger partial charge >= 0.3 is 0 Å². The van der Waals surface area contributed by atoms with Crippen molar-refractivity contribution in [1.29, 1.82) is 0 Å². The van der Waals surface area contributed by atoms with Gasteiger partial charge in [0.1, 0.15) is 5.82 Å². The fourth-order valence-electron chi connectivity index (χ4n) is 2.84. The summed E-state index contributed by atoms with van der Waals surface area (Å²) in [5.74, 6) is -2.23. The van der Waals surface area contributed by atoms with Crippen molar-refractivity contribution in [2.75, 3.05) is 26.2 Å². The summed E-state index contributed by atoms with van der Waals surface area (Å²) < 4.78 is 41.8. The Morgan fingerprint density at radius 2 is 1.57 bits per heavy atom. The first-order valence-corrected chi connectivity index (χ1v) is 7.59. The molecule has 1 heterocycles. The summed E-state index contributed by atoms with van der Waals surface area (Å²) in [6.07, 6.45) is 1.49. The summed E-state index contributed by atoms with van der Waals surface area (Å²) in [7, 11) is 0. The highest BCUT2D eigenvalue weighted by Crippen LogP contribution is 2.32. The largest absolute Gasteiger partial charge is 0.314 e. The topological polar surface area (TPSA) is 15.3 Å². The highest BCUT2D eigenvalue weighted by atomic mass is 35.5. The molecule has 0 aromatic heterocycles. The minimum Gasteiger partial charge on any atom is -0.314 e. The molecule has 0 bridgehead atoms. The zero-order chi connectivity index (χ0) is 15.4. The zero-order valence-corrected chi connectivity index (χ0v) is 15.1. The summed E-state index contributed by atoms with van der Waals surface area (Å²) >= 11 is 0. The molecule has 0 amide bonds. The van der Waals surface area contributed by atoms with Crippen molar-refractivity contribution in [3.8, 4) is 0 Å². The molecule has 0 aliphatic carbocycles. The van der Waals surface area contributed by atoms with Gasteiger partial charge in [-0.2, -0.15) is 0 Å². The van der Waals surface area contributed by atoms with Crippen molar-refractivity contribution in [1.82, 2.24) is 10.2 Å². The van der Waals surface area contributed by atoms with Gasteiger partial charge in [-0.25, -0.2) is 13.2 Å². The molecule has 1 saturated heterocycles. The lowest BCUT2D eigenvalue weighted by Crippen LogP contribution is -2.45. The maximum absolute atomic E-state index is 14.1. The van der Waals surface area contributed by atoms with E-state index in [0.717, 1.165) is 44.7 Å². The number of nitrogens with zero attached hydrogens (tertiary/aromatic N) is 1. The minimum atomic E-state index is -1.04. The molecule has 0 unspecified atom stereocenters. The average Bonchev–Trinajstić information content (AvgIpc) is 2.47. The van der Waals surface area contributed by atoms with E-state index in [9.17, 15) is 13.2 Å². The number of halogens is 5. The van der Waals surface area contributed by atoms with Gasteiger partial charge in [-0.3, -0.25) is 4.90 Å². The van der Waals surface area contributed by atoms with Crippen LogP contribution >= 0.6 is 24.8 Å². The predicted molar refractivity (Wildman–Crippen MR) is 92.1 cm³/mol. The third-order valence-corrected chi connectivity index (χ3v) is 4.02. The molecule has 7 heteroatoms. The third kappa shape index (κ3) is 5.82. The summed E-state index contributed by atoms with van der Waals surface area (Å²) in [6, 6.07) is 1.48. The molecule has 1 aliphatic heterocycles. The van der Waals surface area contributed by atoms with E-state index in [1.54, 1.807) is 0 Å². The molecule has 2 rings (SSSR count). The van der Waals surface area contributed by atoms with Crippen LogP contribution in [-0.4, -0.2) is 31.1 Å². The van der Waals surface area contributed by atoms with Crippen LogP contribution in [0.15, 0.2) is 12.1 Å². The first kappa shape index (κ1) is 22.5. The van der Waals surface area contributed by atoms with Crippen molar-refractivity contribution < 1.29 is 13.2 Å². The van der Waals surface area contributed by atoms with E-state index >= 15 is 0 Å². The average molecular weight is 373 g/mol. The van der Waals surface area contributed by atoms with Gasteiger partial charge in [0.2, 0.25) is 0 Å². The molecule has 1 aromatic carbocycles. The standard InChI is InChI=1S/C16H23F3N2.2ClH/c1-11(2)3-6-14(21-9-7-20-8-10-21)15-12(17)4-5-13(18)16(15)19;;/h4-5,11,14,20H,3,6-10H2,1-2H3;2*1H/t14-;;/m0../s1. The maximum Gasteiger partial charge on any atom is 0.166 e. The Bertz CT molecular complexity index is 481. The first-order chi connectivity index (χ1) is 10.0. The second-order valence-electron chi connectivity index (χ2n) is 6.03. The van der Waals surface area contributed by atoms with E-state index < -0.39 is 23.5 Å². The molecule has 0 saturated carbocycles. The summed E-state index contributed by atoms with van der Waals surface area (Å²) in [5.41, 5.74) is -0.113. The normalized spacial score (nSPS) is 16.6. The highest BCUT2D eigenvalue weighted by molar-refractivity contribution is 5.85. The smallest absolute Gasteiger partial charge is 0.166 e. The zero-order valence-electron chi connectivity index (χ0n) is 13.4. The molecule has 0 radical (unpaired) electrons. The van der Waals surface area contributed by atoms with Crippen LogP contribution in [-0.2, 0) is 0 Å². The van der Waals surface area contributed by atoms with E-state index in [2.05, 4.69) is 24.1 Å². The van der Waals surface area contributed by atoms with E-state index in [1.807, 2.05) is 0 Å². The number of piperazine rings is 1. The van der Waals surface area contributed by atoms with Crippen molar-refractivity contribution in [2.45, 2.75) is 32.7 Å². The van der Waals surface area contributed by atoms with Gasteiger partial charge in [0.25, 0.3) is 0 Å². The molecule has 2 nitrogen and oxygen atoms in total. The summed E-state index contributed by atoms with van der Waals surface area (Å²) in [5, 5.41) is 3.22. The van der Waals surface area contributed by atoms with E-state index in [-0.39, 0.29) is 30.4 Å². The lowest BCUT2D eigenvalue weighted by Gasteiger charge is -2.36. The van der Waals surface area contributed by atoms with Crippen LogP contribution < -0.4 is 5.32 Å². The van der Waals surface area contributed by atoms with E-state index in [4.69, 9.17) is 0 Å². The Labute approximate surface area is 148 Å². The third-order valence-electron chi connectivity index (χ3n) is 4.02. The predicted octanol–water partition coefficient (Wildman–Crippen LogP) is 4.33. The van der Waals surface area contributed by atoms with E-state index in [1.165, 1.54) is 0 Å². The first-order valence-electron chi connectivity index (χ1n) is 7.59. The molecule has 1 aliphatic rings. The monoisotopic (exact) mass is 372 g/mol. The number of benzene rings is 1. The van der Waals surface area contributed by atoms with Crippen LogP contribution in [0.5, 0.6) is 0 Å². The minimum absolute atomic E-state index is 0. The Kier molecular flexibility index (Phi) is 10.2. The number of nitrogens with one attached hydrogen (secondary N) is 1. The van der Waals surface area contributed by atoms with Gasteiger partial charge in [0.15, 0.2) is 11.6 Å². The summed E-state index contributed by atoms with van der Waals surface area (Å²) in [6.45, 7) is 7.17. The molecule has 23 heavy (non-hydrogen) atoms. The van der Waals surface area contributed by atoms with Gasteiger partial charge in [0.05, 0.1) is 0 Å². The van der Waals surface area contributed by atoms with Crippen molar-refractivity contribution in [3.63, 3.8) is 0 Å². The molecule has 134 valence electrons. The fraction of sp³-hybridized carbons (Fsp3) is 0.625. The fourth-order valence-corrected chi connectivity index (χ4v) is 2.84. The lowest BCUT2D eigenvalue weighted by molar-refractivity contribution is 0.152. The van der Waals surface area contributed by atoms with Gasteiger partial charge in [-0.05, 0) is 30.9 Å². The van der Waals surface area contributed by atoms with Crippen LogP contribution in [0.3, 0.4) is 0 Å². The van der Waals surface area contributed by atoms with E-state index in [0.29, 0.717) is 12.3 Å². The van der Waals surface area contributed by atoms with Gasteiger partial charge in [0, 0.05) is 37.8 Å². The molecular formula is C16H25Cl2F3N2. The Morgan fingerprint density at radius 1 is 1.00 bits per heavy atom. The second-order valence-corrected chi connectivity index (χ2v) is 6.03.